The molecule has 1 heterocycles. The Bertz CT molecular complexity index is 1340. The largest absolute Gasteiger partial charge is 0.465 e. The van der Waals surface area contributed by atoms with Crippen LogP contribution in [0.5, 0.6) is 0 Å². The topological polar surface area (TPSA) is 63.0 Å². The number of hydrogen-bond acceptors (Lipinski definition) is 5. The second-order valence-electron chi connectivity index (χ2n) is 7.72. The summed E-state index contributed by atoms with van der Waals surface area (Å²) in [6.07, 6.45) is 3.71. The van der Waals surface area contributed by atoms with Crippen LogP contribution in [-0.2, 0) is 9.53 Å². The molecule has 5 heteroatoms. The first-order valence-corrected chi connectivity index (χ1v) is 10.9. The number of pyridine rings is 1. The van der Waals surface area contributed by atoms with E-state index in [9.17, 15) is 10.1 Å². The second kappa shape index (κ2) is 8.41. The normalized spacial score (nSPS) is 11.4. The van der Waals surface area contributed by atoms with Gasteiger partial charge in [-0.25, -0.2) is 0 Å². The van der Waals surface area contributed by atoms with Gasteiger partial charge in [-0.15, -0.1) is 11.8 Å². The molecule has 0 amide bonds. The van der Waals surface area contributed by atoms with Crippen LogP contribution in [-0.4, -0.2) is 22.3 Å². The average molecular weight is 427 g/mol. The van der Waals surface area contributed by atoms with Gasteiger partial charge in [0.1, 0.15) is 4.75 Å². The van der Waals surface area contributed by atoms with Crippen LogP contribution in [0.3, 0.4) is 0 Å². The summed E-state index contributed by atoms with van der Waals surface area (Å²) in [5.74, 6) is -0.229. The first-order chi connectivity index (χ1) is 14.9. The fraction of sp³-hybridized carbons (Fsp3) is 0.192. The van der Waals surface area contributed by atoms with Gasteiger partial charge in [-0.2, -0.15) is 5.26 Å². The van der Waals surface area contributed by atoms with Crippen molar-refractivity contribution < 1.29 is 9.53 Å². The minimum absolute atomic E-state index is 0.229. The SMILES string of the molecule is CCOC(=O)C(C)(C)Sc1ccc2cncc(-c3ccc(C#N)c4ccccc34)c2c1. The molecular weight excluding hydrogens is 404 g/mol. The number of carbonyl (C=O) groups excluding carboxylic acids is 1. The summed E-state index contributed by atoms with van der Waals surface area (Å²) in [6.45, 7) is 5.93. The Morgan fingerprint density at radius 2 is 1.81 bits per heavy atom. The van der Waals surface area contributed by atoms with E-state index in [0.29, 0.717) is 12.2 Å². The van der Waals surface area contributed by atoms with Crippen molar-refractivity contribution in [1.29, 1.82) is 5.26 Å². The Labute approximate surface area is 185 Å². The minimum atomic E-state index is -0.696. The third-order valence-corrected chi connectivity index (χ3v) is 6.37. The third kappa shape index (κ3) is 3.99. The first-order valence-electron chi connectivity index (χ1n) is 10.1. The molecular formula is C26H22N2O2S. The predicted molar refractivity (Wildman–Crippen MR) is 126 cm³/mol. The van der Waals surface area contributed by atoms with Crippen molar-refractivity contribution in [2.45, 2.75) is 30.4 Å². The number of hydrogen-bond donors (Lipinski definition) is 0. The molecule has 0 saturated heterocycles. The monoisotopic (exact) mass is 426 g/mol. The number of thioether (sulfide) groups is 1. The van der Waals surface area contributed by atoms with Crippen molar-refractivity contribution in [1.82, 2.24) is 4.98 Å². The van der Waals surface area contributed by atoms with Crippen LogP contribution in [0.1, 0.15) is 26.3 Å². The summed E-state index contributed by atoms with van der Waals surface area (Å²) in [6, 6.07) is 20.2. The zero-order valence-corrected chi connectivity index (χ0v) is 18.5. The summed E-state index contributed by atoms with van der Waals surface area (Å²) in [5, 5.41) is 13.5. The quantitative estimate of drug-likeness (QED) is 0.274. The molecule has 0 aliphatic rings. The fourth-order valence-electron chi connectivity index (χ4n) is 3.69. The van der Waals surface area contributed by atoms with Gasteiger partial charge < -0.3 is 4.74 Å². The zero-order valence-electron chi connectivity index (χ0n) is 17.7. The van der Waals surface area contributed by atoms with E-state index in [1.165, 1.54) is 11.8 Å². The number of ether oxygens (including phenoxy) is 1. The molecule has 0 radical (unpaired) electrons. The fourth-order valence-corrected chi connectivity index (χ4v) is 4.74. The molecule has 31 heavy (non-hydrogen) atoms. The lowest BCUT2D eigenvalue weighted by Crippen LogP contribution is -2.29. The highest BCUT2D eigenvalue weighted by Gasteiger charge is 2.30. The molecule has 0 spiro atoms. The first kappa shape index (κ1) is 20.9. The van der Waals surface area contributed by atoms with Crippen molar-refractivity contribution >= 4 is 39.3 Å². The highest BCUT2D eigenvalue weighted by molar-refractivity contribution is 8.01. The van der Waals surface area contributed by atoms with Crippen molar-refractivity contribution in [3.05, 3.63) is 72.6 Å². The number of nitriles is 1. The van der Waals surface area contributed by atoms with E-state index in [0.717, 1.165) is 37.6 Å². The summed E-state index contributed by atoms with van der Waals surface area (Å²) >= 11 is 1.48. The standard InChI is InChI=1S/C26H22N2O2S/c1-4-30-25(29)26(2,3)31-19-11-9-18-15-28-16-24(23(18)13-19)22-12-10-17(14-27)20-7-5-6-8-21(20)22/h5-13,15-16H,4H2,1-3H3. The number of fused-ring (bicyclic) bond motifs is 2. The lowest BCUT2D eigenvalue weighted by molar-refractivity contribution is -0.145. The Morgan fingerprint density at radius 1 is 1.03 bits per heavy atom. The number of nitrogens with zero attached hydrogens (tertiary/aromatic N) is 2. The third-order valence-electron chi connectivity index (χ3n) is 5.21. The van der Waals surface area contributed by atoms with Crippen LogP contribution in [0.25, 0.3) is 32.7 Å². The van der Waals surface area contributed by atoms with Gasteiger partial charge in [0.2, 0.25) is 0 Å². The maximum atomic E-state index is 12.3. The molecule has 0 N–H and O–H groups in total. The Kier molecular flexibility index (Phi) is 5.67. The summed E-state index contributed by atoms with van der Waals surface area (Å²) in [4.78, 5) is 17.8. The molecule has 0 bridgehead atoms. The van der Waals surface area contributed by atoms with Crippen LogP contribution in [0.4, 0.5) is 0 Å². The number of aromatic nitrogens is 1. The second-order valence-corrected chi connectivity index (χ2v) is 9.42. The van der Waals surface area contributed by atoms with E-state index >= 15 is 0 Å². The van der Waals surface area contributed by atoms with Gasteiger partial charge in [-0.1, -0.05) is 36.4 Å². The Balaban J connectivity index is 1.86. The summed E-state index contributed by atoms with van der Waals surface area (Å²) in [5.41, 5.74) is 2.68. The van der Waals surface area contributed by atoms with Gasteiger partial charge in [-0.3, -0.25) is 9.78 Å². The molecule has 0 aliphatic carbocycles. The van der Waals surface area contributed by atoms with Crippen LogP contribution in [0.15, 0.2) is 71.9 Å². The van der Waals surface area contributed by atoms with Gasteiger partial charge in [0.25, 0.3) is 0 Å². The van der Waals surface area contributed by atoms with Gasteiger partial charge >= 0.3 is 5.97 Å². The van der Waals surface area contributed by atoms with Crippen molar-refractivity contribution in [2.24, 2.45) is 0 Å². The molecule has 0 aliphatic heterocycles. The lowest BCUT2D eigenvalue weighted by Gasteiger charge is -2.22. The molecule has 0 fully saturated rings. The number of carbonyl (C=O) groups is 1. The van der Waals surface area contributed by atoms with E-state index in [4.69, 9.17) is 4.74 Å². The van der Waals surface area contributed by atoms with Crippen molar-refractivity contribution in [3.63, 3.8) is 0 Å². The average Bonchev–Trinajstić information content (AvgIpc) is 2.78. The molecule has 0 unspecified atom stereocenters. The maximum absolute atomic E-state index is 12.3. The molecule has 1 aromatic heterocycles. The zero-order chi connectivity index (χ0) is 22.0. The summed E-state index contributed by atoms with van der Waals surface area (Å²) in [7, 11) is 0. The number of rotatable bonds is 5. The molecule has 4 rings (SSSR count). The summed E-state index contributed by atoms with van der Waals surface area (Å²) < 4.78 is 4.54. The molecule has 3 aromatic carbocycles. The Morgan fingerprint density at radius 3 is 2.55 bits per heavy atom. The van der Waals surface area contributed by atoms with Crippen LogP contribution in [0, 0.1) is 11.3 Å². The molecule has 0 atom stereocenters. The van der Waals surface area contributed by atoms with Gasteiger partial charge in [0.05, 0.1) is 18.2 Å². The van der Waals surface area contributed by atoms with E-state index in [-0.39, 0.29) is 5.97 Å². The van der Waals surface area contributed by atoms with E-state index in [1.807, 2.05) is 81.7 Å². The lowest BCUT2D eigenvalue weighted by atomic mass is 9.93. The van der Waals surface area contributed by atoms with Crippen molar-refractivity contribution in [2.75, 3.05) is 6.61 Å². The minimum Gasteiger partial charge on any atom is -0.465 e. The molecule has 154 valence electrons. The number of esters is 1. The van der Waals surface area contributed by atoms with Gasteiger partial charge in [-0.05, 0) is 55.3 Å². The van der Waals surface area contributed by atoms with E-state index in [1.54, 1.807) is 0 Å². The van der Waals surface area contributed by atoms with Crippen LogP contribution in [0.2, 0.25) is 0 Å². The highest BCUT2D eigenvalue weighted by atomic mass is 32.2. The van der Waals surface area contributed by atoms with E-state index < -0.39 is 4.75 Å². The molecule has 0 saturated carbocycles. The highest BCUT2D eigenvalue weighted by Crippen LogP contribution is 2.39. The van der Waals surface area contributed by atoms with E-state index in [2.05, 4.69) is 17.1 Å². The van der Waals surface area contributed by atoms with Gasteiger partial charge in [0.15, 0.2) is 0 Å². The number of benzene rings is 3. The van der Waals surface area contributed by atoms with Gasteiger partial charge in [0, 0.05) is 33.6 Å². The maximum Gasteiger partial charge on any atom is 0.321 e. The van der Waals surface area contributed by atoms with Crippen LogP contribution >= 0.6 is 11.8 Å². The Hall–Kier alpha value is -3.36. The molecule has 4 aromatic rings. The van der Waals surface area contributed by atoms with Crippen LogP contribution < -0.4 is 0 Å². The smallest absolute Gasteiger partial charge is 0.321 e. The van der Waals surface area contributed by atoms with Crippen molar-refractivity contribution in [3.8, 4) is 17.2 Å². The molecule has 4 nitrogen and oxygen atoms in total. The predicted octanol–water partition coefficient (Wildman–Crippen LogP) is 6.36.